The maximum atomic E-state index is 5.52. The fourth-order valence-electron chi connectivity index (χ4n) is 2.26. The predicted octanol–water partition coefficient (Wildman–Crippen LogP) is 0.766. The van der Waals surface area contributed by atoms with Crippen molar-refractivity contribution in [1.29, 1.82) is 0 Å². The molecule has 1 atom stereocenters. The van der Waals surface area contributed by atoms with Gasteiger partial charge in [-0.15, -0.1) is 5.10 Å². The van der Waals surface area contributed by atoms with E-state index in [1.54, 1.807) is 0 Å². The minimum absolute atomic E-state index is 0.000625. The van der Waals surface area contributed by atoms with E-state index in [2.05, 4.69) is 27.4 Å². The van der Waals surface area contributed by atoms with Crippen LogP contribution in [0.15, 0.2) is 0 Å². The van der Waals surface area contributed by atoms with Gasteiger partial charge in [0.15, 0.2) is 0 Å². The Morgan fingerprint density at radius 1 is 1.57 bits per heavy atom. The first-order valence-electron chi connectivity index (χ1n) is 5.20. The second-order valence-electron chi connectivity index (χ2n) is 3.90. The van der Waals surface area contributed by atoms with E-state index in [9.17, 15) is 0 Å². The highest BCUT2D eigenvalue weighted by atomic mass is 15.3. The summed E-state index contributed by atoms with van der Waals surface area (Å²) in [5.74, 6) is 1.23. The first-order valence-corrected chi connectivity index (χ1v) is 5.20. The Bertz CT molecular complexity index is 300. The molecule has 1 aliphatic rings. The average molecular weight is 195 g/mol. The molecule has 14 heavy (non-hydrogen) atoms. The number of nitrogens with two attached hydrogens (primary N) is 1. The van der Waals surface area contributed by atoms with Crippen molar-refractivity contribution in [2.45, 2.75) is 38.1 Å². The third kappa shape index (κ3) is 1.48. The molecule has 1 aromatic rings. The Morgan fingerprint density at radius 2 is 2.43 bits per heavy atom. The highest BCUT2D eigenvalue weighted by Crippen LogP contribution is 2.33. The van der Waals surface area contributed by atoms with Crippen LogP contribution in [-0.2, 0) is 5.54 Å². The molecule has 0 aromatic carbocycles. The minimum atomic E-state index is -0.000625. The molecule has 1 aromatic heterocycles. The molecule has 1 fully saturated rings. The summed E-state index contributed by atoms with van der Waals surface area (Å²) >= 11 is 0. The van der Waals surface area contributed by atoms with Crippen LogP contribution in [0.25, 0.3) is 0 Å². The van der Waals surface area contributed by atoms with Crippen molar-refractivity contribution in [2.75, 3.05) is 12.3 Å². The molecule has 0 aliphatic carbocycles. The molecular formula is C9H17N5. The van der Waals surface area contributed by atoms with E-state index in [1.165, 1.54) is 6.42 Å². The summed E-state index contributed by atoms with van der Waals surface area (Å²) in [6.45, 7) is 3.24. The maximum Gasteiger partial charge on any atom is 0.239 e. The van der Waals surface area contributed by atoms with Gasteiger partial charge in [-0.1, -0.05) is 13.3 Å². The number of hydrogen-bond acceptors (Lipinski definition) is 4. The van der Waals surface area contributed by atoms with Gasteiger partial charge in [0.2, 0.25) is 5.95 Å². The molecule has 0 radical (unpaired) electrons. The number of aromatic nitrogens is 3. The highest BCUT2D eigenvalue weighted by Gasteiger charge is 2.37. The van der Waals surface area contributed by atoms with E-state index in [0.717, 1.165) is 31.6 Å². The molecule has 78 valence electrons. The Labute approximate surface area is 83.5 Å². The minimum Gasteiger partial charge on any atom is -0.367 e. The van der Waals surface area contributed by atoms with Crippen LogP contribution in [0.2, 0.25) is 0 Å². The predicted molar refractivity (Wildman–Crippen MR) is 54.6 cm³/mol. The second kappa shape index (κ2) is 3.57. The first kappa shape index (κ1) is 9.45. The third-order valence-electron chi connectivity index (χ3n) is 2.88. The van der Waals surface area contributed by atoms with Crippen molar-refractivity contribution < 1.29 is 0 Å². The molecule has 1 unspecified atom stereocenters. The Balaban J connectivity index is 2.26. The summed E-state index contributed by atoms with van der Waals surface area (Å²) in [4.78, 5) is 4.23. The molecule has 1 saturated heterocycles. The van der Waals surface area contributed by atoms with Crippen molar-refractivity contribution in [2.24, 2.45) is 0 Å². The van der Waals surface area contributed by atoms with Gasteiger partial charge in [0, 0.05) is 0 Å². The van der Waals surface area contributed by atoms with Gasteiger partial charge in [-0.3, -0.25) is 5.10 Å². The van der Waals surface area contributed by atoms with Crippen LogP contribution in [-0.4, -0.2) is 21.7 Å². The van der Waals surface area contributed by atoms with Crippen molar-refractivity contribution in [3.05, 3.63) is 5.82 Å². The molecule has 5 nitrogen and oxygen atoms in total. The van der Waals surface area contributed by atoms with Crippen LogP contribution in [0, 0.1) is 0 Å². The number of hydrogen-bond donors (Lipinski definition) is 3. The number of nitrogens with one attached hydrogen (secondary N) is 2. The van der Waals surface area contributed by atoms with Crippen LogP contribution in [0.3, 0.4) is 0 Å². The molecule has 2 heterocycles. The summed E-state index contributed by atoms with van der Waals surface area (Å²) in [6.07, 6.45) is 4.53. The zero-order valence-electron chi connectivity index (χ0n) is 8.51. The lowest BCUT2D eigenvalue weighted by Crippen LogP contribution is -2.37. The Hall–Kier alpha value is -1.10. The van der Waals surface area contributed by atoms with E-state index in [1.807, 2.05) is 0 Å². The van der Waals surface area contributed by atoms with Crippen LogP contribution in [0.5, 0.6) is 0 Å². The van der Waals surface area contributed by atoms with Crippen molar-refractivity contribution >= 4 is 5.95 Å². The fraction of sp³-hybridized carbons (Fsp3) is 0.778. The summed E-state index contributed by atoms with van der Waals surface area (Å²) in [6, 6.07) is 0. The first-order chi connectivity index (χ1) is 6.77. The quantitative estimate of drug-likeness (QED) is 0.665. The number of nitrogens with zero attached hydrogens (tertiary/aromatic N) is 2. The van der Waals surface area contributed by atoms with Gasteiger partial charge in [0.05, 0.1) is 5.54 Å². The van der Waals surface area contributed by atoms with E-state index < -0.39 is 0 Å². The smallest absolute Gasteiger partial charge is 0.239 e. The standard InChI is InChI=1S/C9H17N5/c1-2-4-9(5-3-6-11-9)7-12-8(10)14-13-7/h11H,2-6H2,1H3,(H3,10,12,13,14). The van der Waals surface area contributed by atoms with Crippen molar-refractivity contribution in [3.63, 3.8) is 0 Å². The maximum absolute atomic E-state index is 5.52. The van der Waals surface area contributed by atoms with Crippen LogP contribution in [0.1, 0.15) is 38.4 Å². The van der Waals surface area contributed by atoms with Gasteiger partial charge >= 0.3 is 0 Å². The molecule has 0 saturated carbocycles. The van der Waals surface area contributed by atoms with Gasteiger partial charge < -0.3 is 11.1 Å². The van der Waals surface area contributed by atoms with Gasteiger partial charge in [0.1, 0.15) is 5.82 Å². The van der Waals surface area contributed by atoms with E-state index in [-0.39, 0.29) is 5.54 Å². The zero-order chi connectivity index (χ0) is 10.0. The second-order valence-corrected chi connectivity index (χ2v) is 3.90. The molecule has 0 amide bonds. The van der Waals surface area contributed by atoms with Gasteiger partial charge in [0.25, 0.3) is 0 Å². The average Bonchev–Trinajstić information content (AvgIpc) is 2.75. The lowest BCUT2D eigenvalue weighted by atomic mass is 9.91. The van der Waals surface area contributed by atoms with E-state index >= 15 is 0 Å². The normalized spacial score (nSPS) is 26.9. The lowest BCUT2D eigenvalue weighted by Gasteiger charge is -2.26. The topological polar surface area (TPSA) is 79.6 Å². The van der Waals surface area contributed by atoms with E-state index in [4.69, 9.17) is 5.73 Å². The van der Waals surface area contributed by atoms with Gasteiger partial charge in [-0.05, 0) is 25.8 Å². The number of anilines is 1. The fourth-order valence-corrected chi connectivity index (χ4v) is 2.26. The molecule has 0 spiro atoms. The number of H-pyrrole nitrogens is 1. The summed E-state index contributed by atoms with van der Waals surface area (Å²) in [5.41, 5.74) is 5.52. The number of rotatable bonds is 3. The van der Waals surface area contributed by atoms with Crippen LogP contribution in [0.4, 0.5) is 5.95 Å². The Kier molecular flexibility index (Phi) is 2.41. The van der Waals surface area contributed by atoms with Crippen molar-refractivity contribution in [3.8, 4) is 0 Å². The largest absolute Gasteiger partial charge is 0.367 e. The third-order valence-corrected chi connectivity index (χ3v) is 2.88. The van der Waals surface area contributed by atoms with Crippen LogP contribution >= 0.6 is 0 Å². The molecule has 2 rings (SSSR count). The SMILES string of the molecule is CCCC1(c2nc(N)n[nH]2)CCCN1. The molecule has 1 aliphatic heterocycles. The summed E-state index contributed by atoms with van der Waals surface area (Å²) in [7, 11) is 0. The Morgan fingerprint density at radius 3 is 2.93 bits per heavy atom. The molecule has 0 bridgehead atoms. The molecule has 4 N–H and O–H groups in total. The monoisotopic (exact) mass is 195 g/mol. The molecular weight excluding hydrogens is 178 g/mol. The zero-order valence-corrected chi connectivity index (χ0v) is 8.51. The summed E-state index contributed by atoms with van der Waals surface area (Å²) < 4.78 is 0. The van der Waals surface area contributed by atoms with Crippen LogP contribution < -0.4 is 11.1 Å². The van der Waals surface area contributed by atoms with Gasteiger partial charge in [-0.2, -0.15) is 4.98 Å². The highest BCUT2D eigenvalue weighted by molar-refractivity contribution is 5.18. The van der Waals surface area contributed by atoms with Gasteiger partial charge in [-0.25, -0.2) is 0 Å². The van der Waals surface area contributed by atoms with Crippen molar-refractivity contribution in [1.82, 2.24) is 20.5 Å². The summed E-state index contributed by atoms with van der Waals surface area (Å²) in [5, 5.41) is 10.3. The lowest BCUT2D eigenvalue weighted by molar-refractivity contribution is 0.335. The molecule has 5 heteroatoms. The number of nitrogen functional groups attached to an aromatic ring is 1. The van der Waals surface area contributed by atoms with E-state index in [0.29, 0.717) is 5.95 Å². The number of aromatic amines is 1.